The number of aryl methyl sites for hydroxylation is 1. The first-order valence-electron chi connectivity index (χ1n) is 6.54. The molecule has 20 heavy (non-hydrogen) atoms. The number of thiocarbonyl (C=S) groups is 1. The van der Waals surface area contributed by atoms with Gasteiger partial charge in [-0.05, 0) is 36.5 Å². The van der Waals surface area contributed by atoms with E-state index in [9.17, 15) is 8.42 Å². The van der Waals surface area contributed by atoms with Gasteiger partial charge in [0.1, 0.15) is 4.99 Å². The number of nitrogens with two attached hydrogens (primary N) is 1. The Labute approximate surface area is 126 Å². The lowest BCUT2D eigenvalue weighted by Gasteiger charge is -2.20. The van der Waals surface area contributed by atoms with Crippen LogP contribution in [-0.2, 0) is 10.0 Å². The summed E-state index contributed by atoms with van der Waals surface area (Å²) in [7, 11) is -3.43. The molecule has 1 aromatic carbocycles. The Morgan fingerprint density at radius 2 is 2.05 bits per heavy atom. The SMILES string of the molecule is Cc1cc(C(N)=S)ccc1S(=O)(=O)N1CCC(C)(C)C1. The molecule has 1 fully saturated rings. The molecule has 0 aromatic heterocycles. The highest BCUT2D eigenvalue weighted by Gasteiger charge is 2.37. The van der Waals surface area contributed by atoms with Gasteiger partial charge in [0.25, 0.3) is 0 Å². The van der Waals surface area contributed by atoms with Crippen LogP contribution in [0.5, 0.6) is 0 Å². The van der Waals surface area contributed by atoms with E-state index >= 15 is 0 Å². The van der Waals surface area contributed by atoms with Crippen LogP contribution in [0.25, 0.3) is 0 Å². The van der Waals surface area contributed by atoms with E-state index in [1.807, 2.05) is 0 Å². The van der Waals surface area contributed by atoms with Crippen LogP contribution in [0, 0.1) is 12.3 Å². The molecule has 0 amide bonds. The Balaban J connectivity index is 2.38. The van der Waals surface area contributed by atoms with Crippen LogP contribution >= 0.6 is 12.2 Å². The van der Waals surface area contributed by atoms with Gasteiger partial charge in [0, 0.05) is 18.7 Å². The smallest absolute Gasteiger partial charge is 0.243 e. The van der Waals surface area contributed by atoms with Gasteiger partial charge in [0.2, 0.25) is 10.0 Å². The van der Waals surface area contributed by atoms with Crippen LogP contribution in [-0.4, -0.2) is 30.8 Å². The Hall–Kier alpha value is -0.980. The van der Waals surface area contributed by atoms with Crippen LogP contribution in [0.4, 0.5) is 0 Å². The quantitative estimate of drug-likeness (QED) is 0.868. The van der Waals surface area contributed by atoms with Crippen molar-refractivity contribution in [2.75, 3.05) is 13.1 Å². The van der Waals surface area contributed by atoms with E-state index in [0.717, 1.165) is 6.42 Å². The molecule has 110 valence electrons. The molecule has 2 rings (SSSR count). The third-order valence-electron chi connectivity index (χ3n) is 3.72. The van der Waals surface area contributed by atoms with Gasteiger partial charge in [0.05, 0.1) is 4.90 Å². The maximum absolute atomic E-state index is 12.7. The third-order valence-corrected chi connectivity index (χ3v) is 5.96. The highest BCUT2D eigenvalue weighted by Crippen LogP contribution is 2.33. The summed E-state index contributed by atoms with van der Waals surface area (Å²) in [5.74, 6) is 0. The van der Waals surface area contributed by atoms with Crippen LogP contribution in [0.2, 0.25) is 0 Å². The summed E-state index contributed by atoms with van der Waals surface area (Å²) in [4.78, 5) is 0.620. The van der Waals surface area contributed by atoms with E-state index in [1.165, 1.54) is 0 Å². The maximum Gasteiger partial charge on any atom is 0.243 e. The summed E-state index contributed by atoms with van der Waals surface area (Å²) in [6.07, 6.45) is 0.885. The zero-order chi connectivity index (χ0) is 15.1. The van der Waals surface area contributed by atoms with Crippen molar-refractivity contribution >= 4 is 27.2 Å². The van der Waals surface area contributed by atoms with Gasteiger partial charge in [-0.1, -0.05) is 32.1 Å². The Bertz CT molecular complexity index is 651. The van der Waals surface area contributed by atoms with Gasteiger partial charge in [-0.15, -0.1) is 0 Å². The van der Waals surface area contributed by atoms with Crippen molar-refractivity contribution in [2.24, 2.45) is 11.1 Å². The van der Waals surface area contributed by atoms with Gasteiger partial charge in [-0.2, -0.15) is 4.31 Å². The van der Waals surface area contributed by atoms with E-state index in [-0.39, 0.29) is 10.4 Å². The van der Waals surface area contributed by atoms with E-state index in [1.54, 1.807) is 29.4 Å². The molecule has 2 N–H and O–H groups in total. The van der Waals surface area contributed by atoms with E-state index in [4.69, 9.17) is 18.0 Å². The molecule has 0 unspecified atom stereocenters. The summed E-state index contributed by atoms with van der Waals surface area (Å²) in [6, 6.07) is 5.00. The molecule has 1 aliphatic rings. The van der Waals surface area contributed by atoms with Gasteiger partial charge in [0.15, 0.2) is 0 Å². The molecule has 1 saturated heterocycles. The Kier molecular flexibility index (Phi) is 3.92. The molecule has 0 spiro atoms. The van der Waals surface area contributed by atoms with Gasteiger partial charge >= 0.3 is 0 Å². The standard InChI is InChI=1S/C14H20N2O2S2/c1-10-8-11(13(15)19)4-5-12(10)20(17,18)16-7-6-14(2,3)9-16/h4-5,8H,6-7,9H2,1-3H3,(H2,15,19). The molecular weight excluding hydrogens is 292 g/mol. The number of benzene rings is 1. The normalized spacial score (nSPS) is 19.1. The molecule has 6 heteroatoms. The summed E-state index contributed by atoms with van der Waals surface area (Å²) in [5.41, 5.74) is 6.99. The van der Waals surface area contributed by atoms with Crippen LogP contribution in [0.3, 0.4) is 0 Å². The Morgan fingerprint density at radius 3 is 2.50 bits per heavy atom. The molecule has 0 saturated carbocycles. The molecular formula is C14H20N2O2S2. The molecule has 0 bridgehead atoms. The van der Waals surface area contributed by atoms with E-state index in [2.05, 4.69) is 13.8 Å². The van der Waals surface area contributed by atoms with Crippen molar-refractivity contribution in [3.8, 4) is 0 Å². The zero-order valence-electron chi connectivity index (χ0n) is 12.0. The molecule has 0 aliphatic carbocycles. The van der Waals surface area contributed by atoms with Gasteiger partial charge in [-0.25, -0.2) is 8.42 Å². The summed E-state index contributed by atoms with van der Waals surface area (Å²) >= 11 is 4.91. The van der Waals surface area contributed by atoms with Crippen molar-refractivity contribution in [3.05, 3.63) is 29.3 Å². The monoisotopic (exact) mass is 312 g/mol. The summed E-state index contributed by atoms with van der Waals surface area (Å²) < 4.78 is 26.9. The average molecular weight is 312 g/mol. The maximum atomic E-state index is 12.7. The largest absolute Gasteiger partial charge is 0.389 e. The molecule has 4 nitrogen and oxygen atoms in total. The molecule has 1 heterocycles. The van der Waals surface area contributed by atoms with Gasteiger partial charge in [-0.3, -0.25) is 0 Å². The third kappa shape index (κ3) is 2.87. The molecule has 1 aliphatic heterocycles. The summed E-state index contributed by atoms with van der Waals surface area (Å²) in [6.45, 7) is 7.09. The number of hydrogen-bond acceptors (Lipinski definition) is 3. The minimum atomic E-state index is -3.43. The fourth-order valence-corrected chi connectivity index (χ4v) is 4.46. The topological polar surface area (TPSA) is 63.4 Å². The lowest BCUT2D eigenvalue weighted by molar-refractivity contribution is 0.375. The first-order chi connectivity index (χ1) is 9.13. The lowest BCUT2D eigenvalue weighted by Crippen LogP contribution is -2.31. The van der Waals surface area contributed by atoms with E-state index in [0.29, 0.717) is 29.1 Å². The number of sulfonamides is 1. The van der Waals surface area contributed by atoms with Crippen molar-refractivity contribution in [3.63, 3.8) is 0 Å². The zero-order valence-corrected chi connectivity index (χ0v) is 13.6. The van der Waals surface area contributed by atoms with Crippen molar-refractivity contribution < 1.29 is 8.42 Å². The molecule has 0 radical (unpaired) electrons. The fourth-order valence-electron chi connectivity index (χ4n) is 2.50. The Morgan fingerprint density at radius 1 is 1.40 bits per heavy atom. The second-order valence-electron chi connectivity index (χ2n) is 6.10. The number of hydrogen-bond donors (Lipinski definition) is 1. The highest BCUT2D eigenvalue weighted by atomic mass is 32.2. The van der Waals surface area contributed by atoms with Crippen LogP contribution in [0.1, 0.15) is 31.4 Å². The van der Waals surface area contributed by atoms with Crippen LogP contribution < -0.4 is 5.73 Å². The summed E-state index contributed by atoms with van der Waals surface area (Å²) in [5, 5.41) is 0. The fraction of sp³-hybridized carbons (Fsp3) is 0.500. The number of nitrogens with zero attached hydrogens (tertiary/aromatic N) is 1. The number of rotatable bonds is 3. The van der Waals surface area contributed by atoms with Crippen molar-refractivity contribution in [1.82, 2.24) is 4.31 Å². The average Bonchev–Trinajstić information content (AvgIpc) is 2.69. The van der Waals surface area contributed by atoms with Crippen molar-refractivity contribution in [2.45, 2.75) is 32.1 Å². The van der Waals surface area contributed by atoms with Gasteiger partial charge < -0.3 is 5.73 Å². The molecule has 1 aromatic rings. The molecule has 0 atom stereocenters. The second kappa shape index (κ2) is 5.09. The van der Waals surface area contributed by atoms with Crippen molar-refractivity contribution in [1.29, 1.82) is 0 Å². The first-order valence-corrected chi connectivity index (χ1v) is 8.39. The predicted octanol–water partition coefficient (Wildman–Crippen LogP) is 2.05. The minimum Gasteiger partial charge on any atom is -0.389 e. The van der Waals surface area contributed by atoms with Crippen LogP contribution in [0.15, 0.2) is 23.1 Å². The highest BCUT2D eigenvalue weighted by molar-refractivity contribution is 7.89. The van der Waals surface area contributed by atoms with E-state index < -0.39 is 10.0 Å². The second-order valence-corrected chi connectivity index (χ2v) is 8.44. The predicted molar refractivity (Wildman–Crippen MR) is 84.2 cm³/mol. The first kappa shape index (κ1) is 15.4. The lowest BCUT2D eigenvalue weighted by atomic mass is 9.93. The minimum absolute atomic E-state index is 0.0414.